The molecule has 1 saturated heterocycles. The van der Waals surface area contributed by atoms with Crippen molar-refractivity contribution in [3.05, 3.63) is 0 Å². The van der Waals surface area contributed by atoms with Crippen LogP contribution in [0.2, 0.25) is 0 Å². The number of amides is 2. The Bertz CT molecular complexity index is 386. The van der Waals surface area contributed by atoms with E-state index >= 15 is 0 Å². The second-order valence-corrected chi connectivity index (χ2v) is 7.15. The van der Waals surface area contributed by atoms with Crippen LogP contribution in [0.15, 0.2) is 0 Å². The molecule has 2 amide bonds. The largest absolute Gasteiger partial charge is 0.342 e. The Hall–Kier alpha value is -0.910. The highest BCUT2D eigenvalue weighted by atomic mass is 32.2. The molecular weight excluding hydrogens is 264 g/mol. The standard InChI is InChI=1S/C13H24N2O3S/c1-6-8(2)11-13(17)15(7-9(3)19(5)18)10(4)12(16)14-11/h8-11H,6-7H2,1-5H3,(H,14,16). The minimum absolute atomic E-state index is 0.0567. The van der Waals surface area contributed by atoms with Crippen molar-refractivity contribution < 1.29 is 13.8 Å². The molecule has 0 saturated carbocycles. The molecule has 1 aliphatic rings. The van der Waals surface area contributed by atoms with Crippen molar-refractivity contribution in [1.82, 2.24) is 10.2 Å². The molecule has 0 radical (unpaired) electrons. The van der Waals surface area contributed by atoms with Gasteiger partial charge >= 0.3 is 0 Å². The van der Waals surface area contributed by atoms with Crippen LogP contribution in [-0.2, 0) is 20.4 Å². The second kappa shape index (κ2) is 6.50. The van der Waals surface area contributed by atoms with Crippen molar-refractivity contribution in [2.24, 2.45) is 5.92 Å². The zero-order valence-corrected chi connectivity index (χ0v) is 13.1. The zero-order valence-electron chi connectivity index (χ0n) is 12.3. The van der Waals surface area contributed by atoms with Gasteiger partial charge in [0, 0.05) is 28.9 Å². The van der Waals surface area contributed by atoms with Crippen molar-refractivity contribution in [3.8, 4) is 0 Å². The lowest BCUT2D eigenvalue weighted by Gasteiger charge is -2.40. The quantitative estimate of drug-likeness (QED) is 0.802. The molecule has 1 heterocycles. The molecule has 0 bridgehead atoms. The van der Waals surface area contributed by atoms with Crippen molar-refractivity contribution >= 4 is 22.6 Å². The number of hydrogen-bond acceptors (Lipinski definition) is 3. The van der Waals surface area contributed by atoms with Gasteiger partial charge in [0.05, 0.1) is 0 Å². The van der Waals surface area contributed by atoms with Crippen LogP contribution in [0.25, 0.3) is 0 Å². The van der Waals surface area contributed by atoms with Gasteiger partial charge in [-0.25, -0.2) is 0 Å². The molecule has 1 N–H and O–H groups in total. The molecule has 0 aromatic rings. The number of rotatable bonds is 5. The van der Waals surface area contributed by atoms with Gasteiger partial charge in [0.25, 0.3) is 0 Å². The van der Waals surface area contributed by atoms with Crippen LogP contribution >= 0.6 is 0 Å². The number of nitrogens with one attached hydrogen (secondary N) is 1. The lowest BCUT2D eigenvalue weighted by atomic mass is 9.94. The summed E-state index contributed by atoms with van der Waals surface area (Å²) in [6.07, 6.45) is 2.45. The Morgan fingerprint density at radius 3 is 2.42 bits per heavy atom. The van der Waals surface area contributed by atoms with Gasteiger partial charge in [-0.3, -0.25) is 13.8 Å². The third kappa shape index (κ3) is 3.55. The van der Waals surface area contributed by atoms with E-state index in [9.17, 15) is 13.8 Å². The maximum Gasteiger partial charge on any atom is 0.246 e. The fourth-order valence-electron chi connectivity index (χ4n) is 2.10. The molecule has 5 atom stereocenters. The van der Waals surface area contributed by atoms with Crippen LogP contribution in [0.1, 0.15) is 34.1 Å². The molecule has 1 rings (SSSR count). The average molecular weight is 288 g/mol. The SMILES string of the molecule is CCC(C)C1NC(=O)C(C)N(CC(C)S(C)=O)C1=O. The molecule has 0 spiro atoms. The van der Waals surface area contributed by atoms with Crippen LogP contribution in [-0.4, -0.2) is 51.1 Å². The van der Waals surface area contributed by atoms with E-state index in [1.807, 2.05) is 20.8 Å². The lowest BCUT2D eigenvalue weighted by Crippen LogP contribution is -2.65. The number of piperazine rings is 1. The summed E-state index contributed by atoms with van der Waals surface area (Å²) in [5, 5.41) is 2.66. The topological polar surface area (TPSA) is 66.5 Å². The van der Waals surface area contributed by atoms with Crippen molar-refractivity contribution in [1.29, 1.82) is 0 Å². The molecule has 110 valence electrons. The first-order chi connectivity index (χ1) is 8.79. The highest BCUT2D eigenvalue weighted by Gasteiger charge is 2.40. The smallest absolute Gasteiger partial charge is 0.246 e. The zero-order chi connectivity index (χ0) is 14.7. The summed E-state index contributed by atoms with van der Waals surface area (Å²) in [7, 11) is -1.00. The number of hydrogen-bond donors (Lipinski definition) is 1. The van der Waals surface area contributed by atoms with Crippen molar-refractivity contribution in [3.63, 3.8) is 0 Å². The molecular formula is C13H24N2O3S. The summed E-state index contributed by atoms with van der Waals surface area (Å²) >= 11 is 0. The van der Waals surface area contributed by atoms with Gasteiger partial charge in [-0.05, 0) is 19.8 Å². The lowest BCUT2D eigenvalue weighted by molar-refractivity contribution is -0.150. The molecule has 19 heavy (non-hydrogen) atoms. The summed E-state index contributed by atoms with van der Waals surface area (Å²) < 4.78 is 11.5. The summed E-state index contributed by atoms with van der Waals surface area (Å²) in [6.45, 7) is 7.87. The molecule has 0 aromatic heterocycles. The predicted octanol–water partition coefficient (Wildman–Crippen LogP) is 0.515. The van der Waals surface area contributed by atoms with E-state index in [2.05, 4.69) is 5.32 Å². The predicted molar refractivity (Wildman–Crippen MR) is 76.1 cm³/mol. The molecule has 1 aliphatic heterocycles. The van der Waals surface area contributed by atoms with E-state index in [4.69, 9.17) is 0 Å². The maximum absolute atomic E-state index is 12.5. The first-order valence-corrected chi connectivity index (χ1v) is 8.34. The maximum atomic E-state index is 12.5. The van der Waals surface area contributed by atoms with Gasteiger partial charge in [-0.2, -0.15) is 0 Å². The molecule has 1 fully saturated rings. The summed E-state index contributed by atoms with van der Waals surface area (Å²) in [4.78, 5) is 26.0. The van der Waals surface area contributed by atoms with Crippen LogP contribution < -0.4 is 5.32 Å². The minimum Gasteiger partial charge on any atom is -0.342 e. The molecule has 5 nitrogen and oxygen atoms in total. The van der Waals surface area contributed by atoms with Crippen molar-refractivity contribution in [2.75, 3.05) is 12.8 Å². The van der Waals surface area contributed by atoms with E-state index in [1.54, 1.807) is 18.1 Å². The number of carbonyl (C=O) groups is 2. The van der Waals surface area contributed by atoms with Crippen LogP contribution in [0.4, 0.5) is 0 Å². The monoisotopic (exact) mass is 288 g/mol. The van der Waals surface area contributed by atoms with Crippen LogP contribution in [0.5, 0.6) is 0 Å². The Kier molecular flexibility index (Phi) is 5.52. The van der Waals surface area contributed by atoms with Gasteiger partial charge in [0.15, 0.2) is 0 Å². The van der Waals surface area contributed by atoms with Crippen LogP contribution in [0.3, 0.4) is 0 Å². The van der Waals surface area contributed by atoms with E-state index in [-0.39, 0.29) is 23.0 Å². The first kappa shape index (κ1) is 16.1. The fraction of sp³-hybridized carbons (Fsp3) is 0.846. The van der Waals surface area contributed by atoms with E-state index in [1.165, 1.54) is 0 Å². The Balaban J connectivity index is 2.90. The van der Waals surface area contributed by atoms with Gasteiger partial charge in [0.1, 0.15) is 12.1 Å². The summed E-state index contributed by atoms with van der Waals surface area (Å²) in [5.74, 6) is -0.0772. The minimum atomic E-state index is -1.00. The molecule has 0 aliphatic carbocycles. The third-order valence-corrected chi connectivity index (χ3v) is 5.21. The molecule has 5 unspecified atom stereocenters. The third-order valence-electron chi connectivity index (χ3n) is 3.93. The van der Waals surface area contributed by atoms with E-state index < -0.39 is 22.9 Å². The summed E-state index contributed by atoms with van der Waals surface area (Å²) in [5.41, 5.74) is 0. The van der Waals surface area contributed by atoms with Gasteiger partial charge < -0.3 is 10.2 Å². The van der Waals surface area contributed by atoms with E-state index in [0.717, 1.165) is 6.42 Å². The molecule has 6 heteroatoms. The number of carbonyl (C=O) groups excluding carboxylic acids is 2. The Labute approximate surface area is 117 Å². The fourth-order valence-corrected chi connectivity index (χ4v) is 2.47. The number of nitrogens with zero attached hydrogens (tertiary/aromatic N) is 1. The van der Waals surface area contributed by atoms with Gasteiger partial charge in [-0.1, -0.05) is 20.3 Å². The highest BCUT2D eigenvalue weighted by Crippen LogP contribution is 2.18. The highest BCUT2D eigenvalue weighted by molar-refractivity contribution is 7.84. The second-order valence-electron chi connectivity index (χ2n) is 5.35. The average Bonchev–Trinajstić information content (AvgIpc) is 2.37. The van der Waals surface area contributed by atoms with Crippen LogP contribution in [0, 0.1) is 5.92 Å². The summed E-state index contributed by atoms with van der Waals surface area (Å²) in [6, 6.07) is -0.940. The normalized spacial score (nSPS) is 28.8. The van der Waals surface area contributed by atoms with Gasteiger partial charge in [0.2, 0.25) is 11.8 Å². The van der Waals surface area contributed by atoms with Gasteiger partial charge in [-0.15, -0.1) is 0 Å². The Morgan fingerprint density at radius 2 is 1.95 bits per heavy atom. The van der Waals surface area contributed by atoms with Crippen molar-refractivity contribution in [2.45, 2.75) is 51.4 Å². The first-order valence-electron chi connectivity index (χ1n) is 6.72. The Morgan fingerprint density at radius 1 is 1.37 bits per heavy atom. The van der Waals surface area contributed by atoms with E-state index in [0.29, 0.717) is 6.54 Å². The molecule has 0 aromatic carbocycles.